The van der Waals surface area contributed by atoms with E-state index in [1.807, 2.05) is 41.5 Å². The Kier molecular flexibility index (Phi) is 8.12. The van der Waals surface area contributed by atoms with Gasteiger partial charge in [-0.2, -0.15) is 0 Å². The lowest BCUT2D eigenvalue weighted by Gasteiger charge is -2.24. The molecule has 0 bridgehead atoms. The second-order valence-electron chi connectivity index (χ2n) is 7.03. The number of carbonyl (C=O) groups is 3. The molecule has 0 atom stereocenters. The van der Waals surface area contributed by atoms with Gasteiger partial charge in [-0.05, 0) is 25.7 Å². The minimum absolute atomic E-state index is 0.0772. The van der Waals surface area contributed by atoms with E-state index in [0.29, 0.717) is 6.42 Å². The van der Waals surface area contributed by atoms with Crippen molar-refractivity contribution >= 4 is 17.7 Å². The summed E-state index contributed by atoms with van der Waals surface area (Å²) < 4.78 is 0. The van der Waals surface area contributed by atoms with Gasteiger partial charge in [0.25, 0.3) is 0 Å². The lowest BCUT2D eigenvalue weighted by atomic mass is 9.86. The molecule has 0 fully saturated rings. The van der Waals surface area contributed by atoms with Crippen molar-refractivity contribution in [1.82, 2.24) is 16.0 Å². The molecule has 22 heavy (non-hydrogen) atoms. The third-order valence-corrected chi connectivity index (χ3v) is 3.85. The van der Waals surface area contributed by atoms with Gasteiger partial charge < -0.3 is 16.0 Å². The lowest BCUT2D eigenvalue weighted by molar-refractivity contribution is -0.128. The molecular weight excluding hydrogens is 282 g/mol. The molecule has 0 aliphatic carbocycles. The van der Waals surface area contributed by atoms with Crippen molar-refractivity contribution in [2.24, 2.45) is 5.41 Å². The van der Waals surface area contributed by atoms with Crippen molar-refractivity contribution in [2.45, 2.75) is 66.3 Å². The lowest BCUT2D eigenvalue weighted by Crippen LogP contribution is -2.48. The molecule has 0 unspecified atom stereocenters. The maximum Gasteiger partial charge on any atom is 0.239 e. The maximum atomic E-state index is 11.7. The van der Waals surface area contributed by atoms with E-state index >= 15 is 0 Å². The first-order valence-electron chi connectivity index (χ1n) is 7.86. The molecule has 6 nitrogen and oxygen atoms in total. The van der Waals surface area contributed by atoms with Crippen LogP contribution in [0.4, 0.5) is 0 Å². The zero-order valence-electron chi connectivity index (χ0n) is 14.8. The smallest absolute Gasteiger partial charge is 0.239 e. The number of hydrogen-bond acceptors (Lipinski definition) is 3. The second kappa shape index (κ2) is 8.76. The van der Waals surface area contributed by atoms with Crippen molar-refractivity contribution in [1.29, 1.82) is 0 Å². The molecule has 0 radical (unpaired) electrons. The van der Waals surface area contributed by atoms with Crippen molar-refractivity contribution in [2.75, 3.05) is 13.1 Å². The van der Waals surface area contributed by atoms with Gasteiger partial charge in [-0.1, -0.05) is 34.1 Å². The summed E-state index contributed by atoms with van der Waals surface area (Å²) in [6.45, 7) is 11.7. The van der Waals surface area contributed by atoms with E-state index < -0.39 is 0 Å². The number of amides is 3. The van der Waals surface area contributed by atoms with E-state index in [4.69, 9.17) is 0 Å². The Hall–Kier alpha value is -1.59. The Morgan fingerprint density at radius 3 is 1.77 bits per heavy atom. The molecular formula is C16H31N3O3. The van der Waals surface area contributed by atoms with Gasteiger partial charge in [0.1, 0.15) is 0 Å². The van der Waals surface area contributed by atoms with Crippen LogP contribution in [0.15, 0.2) is 0 Å². The Balaban J connectivity index is 4.01. The van der Waals surface area contributed by atoms with Crippen LogP contribution in [0.2, 0.25) is 0 Å². The van der Waals surface area contributed by atoms with Crippen LogP contribution in [0.5, 0.6) is 0 Å². The Bertz CT molecular complexity index is 367. The Labute approximate surface area is 133 Å². The van der Waals surface area contributed by atoms with Gasteiger partial charge in [-0.3, -0.25) is 14.4 Å². The fourth-order valence-corrected chi connectivity index (χ4v) is 1.55. The van der Waals surface area contributed by atoms with E-state index in [1.54, 1.807) is 0 Å². The van der Waals surface area contributed by atoms with E-state index in [9.17, 15) is 14.4 Å². The summed E-state index contributed by atoms with van der Waals surface area (Å²) in [5.41, 5.74) is -0.367. The molecule has 0 heterocycles. The number of nitrogens with one attached hydrogen (secondary N) is 3. The molecule has 0 aromatic rings. The summed E-state index contributed by atoms with van der Waals surface area (Å²) >= 11 is 0. The highest BCUT2D eigenvalue weighted by Crippen LogP contribution is 2.23. The van der Waals surface area contributed by atoms with Crippen molar-refractivity contribution in [3.63, 3.8) is 0 Å². The number of carbonyl (C=O) groups excluding carboxylic acids is 3. The Morgan fingerprint density at radius 1 is 0.773 bits per heavy atom. The van der Waals surface area contributed by atoms with Gasteiger partial charge in [0.15, 0.2) is 0 Å². The van der Waals surface area contributed by atoms with E-state index in [2.05, 4.69) is 16.0 Å². The first-order chi connectivity index (χ1) is 10.0. The van der Waals surface area contributed by atoms with Crippen LogP contribution in [-0.4, -0.2) is 36.3 Å². The van der Waals surface area contributed by atoms with Crippen molar-refractivity contribution in [3.05, 3.63) is 0 Å². The molecule has 3 N–H and O–H groups in total. The van der Waals surface area contributed by atoms with Crippen molar-refractivity contribution < 1.29 is 14.4 Å². The molecule has 0 saturated heterocycles. The van der Waals surface area contributed by atoms with Gasteiger partial charge in [0.05, 0.1) is 13.1 Å². The highest BCUT2D eigenvalue weighted by Gasteiger charge is 2.20. The van der Waals surface area contributed by atoms with Gasteiger partial charge in [-0.25, -0.2) is 0 Å². The van der Waals surface area contributed by atoms with Gasteiger partial charge >= 0.3 is 0 Å². The van der Waals surface area contributed by atoms with Gasteiger partial charge in [0, 0.05) is 12.0 Å². The fourth-order valence-electron chi connectivity index (χ4n) is 1.55. The molecule has 6 heteroatoms. The maximum absolute atomic E-state index is 11.7. The van der Waals surface area contributed by atoms with Gasteiger partial charge in [0.2, 0.25) is 17.7 Å². The van der Waals surface area contributed by atoms with Crippen LogP contribution in [0, 0.1) is 5.41 Å². The average Bonchev–Trinajstić information content (AvgIpc) is 2.42. The molecule has 128 valence electrons. The summed E-state index contributed by atoms with van der Waals surface area (Å²) in [6.07, 6.45) is 2.07. The summed E-state index contributed by atoms with van der Waals surface area (Å²) in [7, 11) is 0. The third kappa shape index (κ3) is 9.37. The molecule has 0 rings (SSSR count). The van der Waals surface area contributed by atoms with Crippen molar-refractivity contribution in [3.8, 4) is 0 Å². The summed E-state index contributed by atoms with van der Waals surface area (Å²) in [5.74, 6) is -0.760. The summed E-state index contributed by atoms with van der Waals surface area (Å²) in [5, 5.41) is 7.89. The number of rotatable bonds is 9. The van der Waals surface area contributed by atoms with E-state index in [-0.39, 0.29) is 41.8 Å². The van der Waals surface area contributed by atoms with E-state index in [1.165, 1.54) is 0 Å². The second-order valence-corrected chi connectivity index (χ2v) is 7.03. The minimum Gasteiger partial charge on any atom is -0.350 e. The molecule has 0 spiro atoms. The standard InChI is InChI=1S/C16H31N3O3/c1-7-15(3,4)9-12(20)17-10-13(21)18-11-14(22)19-16(5,6)8-2/h7-11H2,1-6H3,(H,17,20)(H,18,21)(H,19,22). The molecule has 0 aromatic heterocycles. The molecule has 0 aliphatic rings. The zero-order chi connectivity index (χ0) is 17.4. The van der Waals surface area contributed by atoms with Crippen LogP contribution in [0.25, 0.3) is 0 Å². The van der Waals surface area contributed by atoms with Gasteiger partial charge in [-0.15, -0.1) is 0 Å². The quantitative estimate of drug-likeness (QED) is 0.600. The largest absolute Gasteiger partial charge is 0.350 e. The normalized spacial score (nSPS) is 11.7. The highest BCUT2D eigenvalue weighted by atomic mass is 16.2. The predicted octanol–water partition coefficient (Wildman–Crippen LogP) is 1.35. The van der Waals surface area contributed by atoms with Crippen LogP contribution in [0.1, 0.15) is 60.8 Å². The molecule has 0 aromatic carbocycles. The average molecular weight is 313 g/mol. The monoisotopic (exact) mass is 313 g/mol. The first-order valence-corrected chi connectivity index (χ1v) is 7.86. The molecule has 0 saturated carbocycles. The predicted molar refractivity (Wildman–Crippen MR) is 87.2 cm³/mol. The number of hydrogen-bond donors (Lipinski definition) is 3. The fraction of sp³-hybridized carbons (Fsp3) is 0.812. The summed E-state index contributed by atoms with van der Waals surface area (Å²) in [4.78, 5) is 35.0. The topological polar surface area (TPSA) is 87.3 Å². The highest BCUT2D eigenvalue weighted by molar-refractivity contribution is 5.88. The minimum atomic E-state index is -0.368. The Morgan fingerprint density at radius 2 is 1.27 bits per heavy atom. The molecule has 3 amide bonds. The van der Waals surface area contributed by atoms with E-state index in [0.717, 1.165) is 12.8 Å². The molecule has 0 aliphatic heterocycles. The summed E-state index contributed by atoms with van der Waals surface area (Å²) in [6, 6.07) is 0. The van der Waals surface area contributed by atoms with Crippen LogP contribution in [-0.2, 0) is 14.4 Å². The zero-order valence-corrected chi connectivity index (χ0v) is 14.8. The van der Waals surface area contributed by atoms with Crippen LogP contribution in [0.3, 0.4) is 0 Å². The van der Waals surface area contributed by atoms with Crippen LogP contribution < -0.4 is 16.0 Å². The van der Waals surface area contributed by atoms with Crippen LogP contribution >= 0.6 is 0 Å². The SMILES string of the molecule is CCC(C)(C)CC(=O)NCC(=O)NCC(=O)NC(C)(C)CC. The first kappa shape index (κ1) is 20.4. The third-order valence-electron chi connectivity index (χ3n) is 3.85.